The van der Waals surface area contributed by atoms with Crippen LogP contribution in [0, 0.1) is 0 Å². The standard InChI is InChI=1S/C18H19N3O6S/c1-2-21-14-6-5-13(12-16(14)27-18(21)23)28(24,25)20-9-7-19(8-10-20)17(22)15-4-3-11-26-15/h3-6,11-12H,2,7-10H2,1H3. The molecular formula is C18H19N3O6S. The average Bonchev–Trinajstić information content (AvgIpc) is 3.34. The summed E-state index contributed by atoms with van der Waals surface area (Å²) in [5.74, 6) is -0.541. The summed E-state index contributed by atoms with van der Waals surface area (Å²) in [5, 5.41) is 0. The van der Waals surface area contributed by atoms with Gasteiger partial charge in [-0.3, -0.25) is 9.36 Å². The molecule has 0 bridgehead atoms. The van der Waals surface area contributed by atoms with Crippen LogP contribution in [0.5, 0.6) is 0 Å². The molecule has 0 aliphatic carbocycles. The average molecular weight is 405 g/mol. The number of furan rings is 1. The Kier molecular flexibility index (Phi) is 4.60. The van der Waals surface area contributed by atoms with E-state index in [9.17, 15) is 18.0 Å². The van der Waals surface area contributed by atoms with Crippen molar-refractivity contribution in [3.8, 4) is 0 Å². The van der Waals surface area contributed by atoms with Gasteiger partial charge in [0.15, 0.2) is 11.3 Å². The van der Waals surface area contributed by atoms with Crippen LogP contribution in [0.15, 0.2) is 55.1 Å². The van der Waals surface area contributed by atoms with Gasteiger partial charge in [-0.05, 0) is 31.2 Å². The lowest BCUT2D eigenvalue weighted by atomic mass is 10.3. The van der Waals surface area contributed by atoms with Crippen molar-refractivity contribution in [2.75, 3.05) is 26.2 Å². The van der Waals surface area contributed by atoms with E-state index in [1.807, 2.05) is 6.92 Å². The van der Waals surface area contributed by atoms with Crippen molar-refractivity contribution in [3.63, 3.8) is 0 Å². The second-order valence-electron chi connectivity index (χ2n) is 6.42. The molecule has 1 aliphatic heterocycles. The van der Waals surface area contributed by atoms with Crippen LogP contribution in [0.25, 0.3) is 11.1 Å². The number of nitrogens with zero attached hydrogens (tertiary/aromatic N) is 3. The van der Waals surface area contributed by atoms with Gasteiger partial charge in [-0.25, -0.2) is 13.2 Å². The van der Waals surface area contributed by atoms with E-state index in [4.69, 9.17) is 8.83 Å². The molecule has 3 heterocycles. The molecule has 1 fully saturated rings. The highest BCUT2D eigenvalue weighted by molar-refractivity contribution is 7.89. The molecule has 0 unspecified atom stereocenters. The molecule has 0 saturated carbocycles. The molecule has 0 N–H and O–H groups in total. The largest absolute Gasteiger partial charge is 0.459 e. The number of rotatable bonds is 4. The van der Waals surface area contributed by atoms with Gasteiger partial charge in [-0.2, -0.15) is 4.31 Å². The molecule has 1 aromatic carbocycles. The number of benzene rings is 1. The first-order valence-electron chi connectivity index (χ1n) is 8.88. The minimum absolute atomic E-state index is 0.0582. The minimum Gasteiger partial charge on any atom is -0.459 e. The second kappa shape index (κ2) is 6.95. The van der Waals surface area contributed by atoms with E-state index in [-0.39, 0.29) is 48.3 Å². The van der Waals surface area contributed by atoms with Gasteiger partial charge >= 0.3 is 5.76 Å². The first kappa shape index (κ1) is 18.5. The molecule has 4 rings (SSSR count). The van der Waals surface area contributed by atoms with Crippen molar-refractivity contribution in [2.45, 2.75) is 18.4 Å². The molecule has 0 spiro atoms. The van der Waals surface area contributed by atoms with Crippen LogP contribution < -0.4 is 5.76 Å². The lowest BCUT2D eigenvalue weighted by molar-refractivity contribution is 0.0666. The molecular weight excluding hydrogens is 386 g/mol. The zero-order chi connectivity index (χ0) is 19.9. The third kappa shape index (κ3) is 3.04. The fourth-order valence-corrected chi connectivity index (χ4v) is 4.78. The van der Waals surface area contributed by atoms with Crippen LogP contribution in [-0.4, -0.2) is 54.3 Å². The van der Waals surface area contributed by atoms with E-state index >= 15 is 0 Å². The van der Waals surface area contributed by atoms with Crippen molar-refractivity contribution < 1.29 is 22.0 Å². The molecule has 1 aliphatic rings. The van der Waals surface area contributed by atoms with Gasteiger partial charge in [-0.1, -0.05) is 0 Å². The van der Waals surface area contributed by atoms with Gasteiger partial charge in [0.1, 0.15) is 0 Å². The first-order valence-corrected chi connectivity index (χ1v) is 10.3. The fraction of sp³-hybridized carbons (Fsp3) is 0.333. The highest BCUT2D eigenvalue weighted by Crippen LogP contribution is 2.23. The van der Waals surface area contributed by atoms with E-state index in [1.165, 1.54) is 27.3 Å². The summed E-state index contributed by atoms with van der Waals surface area (Å²) in [4.78, 5) is 25.8. The Labute approximate surface area is 160 Å². The molecule has 1 amide bonds. The van der Waals surface area contributed by atoms with Crippen LogP contribution >= 0.6 is 0 Å². The zero-order valence-corrected chi connectivity index (χ0v) is 16.0. The van der Waals surface area contributed by atoms with Gasteiger partial charge in [0, 0.05) is 38.8 Å². The highest BCUT2D eigenvalue weighted by Gasteiger charge is 2.31. The molecule has 3 aromatic rings. The minimum atomic E-state index is -3.77. The molecule has 10 heteroatoms. The van der Waals surface area contributed by atoms with Gasteiger partial charge in [0.25, 0.3) is 5.91 Å². The third-order valence-corrected chi connectivity index (χ3v) is 6.75. The Morgan fingerprint density at radius 1 is 1.14 bits per heavy atom. The molecule has 1 saturated heterocycles. The first-order chi connectivity index (χ1) is 13.4. The van der Waals surface area contributed by atoms with Crippen LogP contribution in [0.2, 0.25) is 0 Å². The summed E-state index contributed by atoms with van der Waals surface area (Å²) in [6.45, 7) is 3.12. The van der Waals surface area contributed by atoms with Crippen LogP contribution in [0.1, 0.15) is 17.5 Å². The van der Waals surface area contributed by atoms with E-state index in [0.717, 1.165) is 0 Å². The Balaban J connectivity index is 1.54. The number of fused-ring (bicyclic) bond motifs is 1. The smallest absolute Gasteiger partial charge is 0.419 e. The number of aromatic nitrogens is 1. The summed E-state index contributed by atoms with van der Waals surface area (Å²) in [6.07, 6.45) is 1.42. The lowest BCUT2D eigenvalue weighted by Crippen LogP contribution is -2.50. The number of piperazine rings is 1. The highest BCUT2D eigenvalue weighted by atomic mass is 32.2. The number of oxazole rings is 1. The monoisotopic (exact) mass is 405 g/mol. The van der Waals surface area contributed by atoms with Crippen molar-refractivity contribution in [1.29, 1.82) is 0 Å². The fourth-order valence-electron chi connectivity index (χ4n) is 3.34. The molecule has 148 valence electrons. The van der Waals surface area contributed by atoms with Crippen molar-refractivity contribution in [1.82, 2.24) is 13.8 Å². The third-order valence-electron chi connectivity index (χ3n) is 4.85. The van der Waals surface area contributed by atoms with E-state index in [2.05, 4.69) is 0 Å². The van der Waals surface area contributed by atoms with Gasteiger partial charge in [0.05, 0.1) is 16.7 Å². The molecule has 0 radical (unpaired) electrons. The molecule has 2 aromatic heterocycles. The summed E-state index contributed by atoms with van der Waals surface area (Å²) in [7, 11) is -3.77. The van der Waals surface area contributed by atoms with Crippen molar-refractivity contribution >= 4 is 27.0 Å². The van der Waals surface area contributed by atoms with Crippen LogP contribution in [0.4, 0.5) is 0 Å². The Hall–Kier alpha value is -2.85. The maximum absolute atomic E-state index is 13.0. The quantitative estimate of drug-likeness (QED) is 0.649. The zero-order valence-electron chi connectivity index (χ0n) is 15.2. The SMILES string of the molecule is CCn1c(=O)oc2cc(S(=O)(=O)N3CCN(C(=O)c4ccco4)CC3)ccc21. The maximum atomic E-state index is 13.0. The van der Waals surface area contributed by atoms with E-state index < -0.39 is 15.8 Å². The normalized spacial score (nSPS) is 16.0. The Bertz CT molecular complexity index is 1170. The van der Waals surface area contributed by atoms with Crippen LogP contribution in [-0.2, 0) is 16.6 Å². The summed E-state index contributed by atoms with van der Waals surface area (Å²) < 4.78 is 39.0. The second-order valence-corrected chi connectivity index (χ2v) is 8.35. The number of amides is 1. The van der Waals surface area contributed by atoms with Crippen molar-refractivity contribution in [3.05, 3.63) is 52.9 Å². The summed E-state index contributed by atoms with van der Waals surface area (Å²) in [6, 6.07) is 7.64. The number of carbonyl (C=O) groups excluding carboxylic acids is 1. The number of hydrogen-bond donors (Lipinski definition) is 0. The Morgan fingerprint density at radius 3 is 2.54 bits per heavy atom. The summed E-state index contributed by atoms with van der Waals surface area (Å²) >= 11 is 0. The van der Waals surface area contributed by atoms with Gasteiger partial charge in [0.2, 0.25) is 10.0 Å². The summed E-state index contributed by atoms with van der Waals surface area (Å²) in [5.41, 5.74) is 0.792. The maximum Gasteiger partial charge on any atom is 0.419 e. The van der Waals surface area contributed by atoms with Gasteiger partial charge in [-0.15, -0.1) is 0 Å². The predicted molar refractivity (Wildman–Crippen MR) is 99.5 cm³/mol. The lowest BCUT2D eigenvalue weighted by Gasteiger charge is -2.33. The number of sulfonamides is 1. The van der Waals surface area contributed by atoms with Crippen molar-refractivity contribution in [2.24, 2.45) is 0 Å². The van der Waals surface area contributed by atoms with Gasteiger partial charge < -0.3 is 13.7 Å². The van der Waals surface area contributed by atoms with E-state index in [0.29, 0.717) is 12.1 Å². The van der Waals surface area contributed by atoms with E-state index in [1.54, 1.807) is 23.1 Å². The number of aryl methyl sites for hydroxylation is 1. The van der Waals surface area contributed by atoms with Crippen LogP contribution in [0.3, 0.4) is 0 Å². The number of carbonyl (C=O) groups is 1. The molecule has 9 nitrogen and oxygen atoms in total. The number of hydrogen-bond acceptors (Lipinski definition) is 6. The molecule has 0 atom stereocenters. The topological polar surface area (TPSA) is 106 Å². The predicted octanol–water partition coefficient (Wildman–Crippen LogP) is 1.35. The molecule has 28 heavy (non-hydrogen) atoms. The Morgan fingerprint density at radius 2 is 1.89 bits per heavy atom.